The molecule has 4 nitrogen and oxygen atoms in total. The minimum Gasteiger partial charge on any atom is -0.857 e. The summed E-state index contributed by atoms with van der Waals surface area (Å²) in [5, 5.41) is 20.8. The van der Waals surface area contributed by atoms with Gasteiger partial charge in [0.1, 0.15) is 5.71 Å². The smallest absolute Gasteiger partial charge is 0.118 e. The Morgan fingerprint density at radius 2 is 1.46 bits per heavy atom. The second kappa shape index (κ2) is 10.7. The first-order chi connectivity index (χ1) is 12.7. The van der Waals surface area contributed by atoms with Crippen LogP contribution in [-0.4, -0.2) is 16.6 Å². The van der Waals surface area contributed by atoms with Crippen LogP contribution in [0.3, 0.4) is 0 Å². The van der Waals surface area contributed by atoms with Gasteiger partial charge in [0.2, 0.25) is 0 Å². The van der Waals surface area contributed by atoms with Crippen molar-refractivity contribution in [3.05, 3.63) is 101 Å². The summed E-state index contributed by atoms with van der Waals surface area (Å²) in [7, 11) is 4.20. The molecule has 0 fully saturated rings. The Bertz CT molecular complexity index is 829. The molecule has 26 heavy (non-hydrogen) atoms. The summed E-state index contributed by atoms with van der Waals surface area (Å²) in [5.41, 5.74) is 2.45. The van der Waals surface area contributed by atoms with Crippen molar-refractivity contribution in [3.63, 3.8) is 0 Å². The predicted octanol–water partition coefficient (Wildman–Crippen LogP) is 3.98. The number of pyridine rings is 1. The molecule has 0 radical (unpaired) electrons. The van der Waals surface area contributed by atoms with Crippen molar-refractivity contribution >= 4 is 33.3 Å². The van der Waals surface area contributed by atoms with Gasteiger partial charge in [0.15, 0.2) is 0 Å². The maximum Gasteiger partial charge on any atom is 0.118 e. The third-order valence-electron chi connectivity index (χ3n) is 3.29. The second-order valence-electron chi connectivity index (χ2n) is 4.94. The first-order valence-electron chi connectivity index (χ1n) is 7.41. The van der Waals surface area contributed by atoms with Crippen LogP contribution in [0.25, 0.3) is 0 Å². The average Bonchev–Trinajstić information content (AvgIpc) is 2.72. The molecular formula is C19H13Cl2CuN3O. The molecule has 135 valence electrons. The van der Waals surface area contributed by atoms with Gasteiger partial charge in [0.25, 0.3) is 0 Å². The standard InChI is InChI=1S/C19H14ClN3O.ClH.Cu/c20-16-11-9-15(10-12-16)19(24)23-22-18(14-6-2-1-3-7-14)17-8-4-5-13-21-17;;/h1-13H,(H,23,24);1H;/q;;+2/p-2/b22-18+;;. The van der Waals surface area contributed by atoms with E-state index in [0.29, 0.717) is 22.0 Å². The summed E-state index contributed by atoms with van der Waals surface area (Å²) < 4.78 is 0. The summed E-state index contributed by atoms with van der Waals surface area (Å²) in [6, 6.07) is 21.5. The fourth-order valence-corrected chi connectivity index (χ4v) is 2.23. The molecular weight excluding hydrogens is 421 g/mol. The van der Waals surface area contributed by atoms with Gasteiger partial charge in [-0.25, -0.2) is 0 Å². The van der Waals surface area contributed by atoms with E-state index in [1.165, 1.54) is 0 Å². The molecule has 2 aromatic carbocycles. The van der Waals surface area contributed by atoms with Gasteiger partial charge < -0.3 is 5.11 Å². The van der Waals surface area contributed by atoms with Crippen LogP contribution in [0.2, 0.25) is 5.02 Å². The van der Waals surface area contributed by atoms with Crippen LogP contribution in [0.15, 0.2) is 89.2 Å². The molecule has 0 bridgehead atoms. The first kappa shape index (κ1) is 20.1. The Labute approximate surface area is 169 Å². The van der Waals surface area contributed by atoms with Gasteiger partial charge in [-0.2, -0.15) is 5.10 Å². The number of benzene rings is 2. The SMILES string of the molecule is [Cl][Cu+].[O-]/C(=N\N=C(/c1ccccc1)c1ccccn1)c1ccc(Cl)cc1. The van der Waals surface area contributed by atoms with E-state index in [0.717, 1.165) is 5.56 Å². The van der Waals surface area contributed by atoms with Crippen molar-refractivity contribution in [1.29, 1.82) is 0 Å². The molecule has 0 N–H and O–H groups in total. The van der Waals surface area contributed by atoms with Gasteiger partial charge in [-0.15, -0.1) is 5.10 Å². The zero-order chi connectivity index (χ0) is 18.8. The predicted molar refractivity (Wildman–Crippen MR) is 100 cm³/mol. The van der Waals surface area contributed by atoms with E-state index in [-0.39, 0.29) is 0 Å². The zero-order valence-electron chi connectivity index (χ0n) is 13.3. The largest absolute Gasteiger partial charge is 0.857 e. The Morgan fingerprint density at radius 3 is 2.08 bits per heavy atom. The number of hydrogen-bond acceptors (Lipinski definition) is 4. The molecule has 0 saturated heterocycles. The Hall–Kier alpha value is -2.17. The summed E-state index contributed by atoms with van der Waals surface area (Å²) >= 11 is 9.49. The zero-order valence-corrected chi connectivity index (χ0v) is 15.8. The number of nitrogens with zero attached hydrogens (tertiary/aromatic N) is 3. The van der Waals surface area contributed by atoms with Crippen LogP contribution in [0.5, 0.6) is 0 Å². The molecule has 0 amide bonds. The maximum absolute atomic E-state index is 12.2. The number of aromatic nitrogens is 1. The summed E-state index contributed by atoms with van der Waals surface area (Å²) in [5.74, 6) is -0.434. The fourth-order valence-electron chi connectivity index (χ4n) is 2.10. The van der Waals surface area contributed by atoms with E-state index in [1.807, 2.05) is 48.5 Å². The van der Waals surface area contributed by atoms with Crippen molar-refractivity contribution in [2.24, 2.45) is 10.2 Å². The molecule has 1 heterocycles. The summed E-state index contributed by atoms with van der Waals surface area (Å²) in [4.78, 5) is 4.30. The van der Waals surface area contributed by atoms with Crippen molar-refractivity contribution in [1.82, 2.24) is 4.98 Å². The Kier molecular flexibility index (Phi) is 8.32. The molecule has 0 saturated carbocycles. The minimum atomic E-state index is -0.434. The van der Waals surface area contributed by atoms with Crippen molar-refractivity contribution in [2.75, 3.05) is 0 Å². The van der Waals surface area contributed by atoms with E-state index in [9.17, 15) is 5.11 Å². The molecule has 0 aliphatic carbocycles. The maximum atomic E-state index is 12.2. The van der Waals surface area contributed by atoms with Gasteiger partial charge in [-0.1, -0.05) is 60.1 Å². The first-order valence-corrected chi connectivity index (χ1v) is 9.08. The quantitative estimate of drug-likeness (QED) is 0.270. The Morgan fingerprint density at radius 1 is 0.808 bits per heavy atom. The normalized spacial score (nSPS) is 11.5. The van der Waals surface area contributed by atoms with E-state index in [2.05, 4.69) is 40.4 Å². The van der Waals surface area contributed by atoms with Crippen molar-refractivity contribution in [3.8, 4) is 0 Å². The molecule has 0 spiro atoms. The Balaban J connectivity index is 0.00000117. The van der Waals surface area contributed by atoms with Crippen LogP contribution < -0.4 is 5.11 Å². The van der Waals surface area contributed by atoms with Gasteiger partial charge >= 0.3 is 25.2 Å². The van der Waals surface area contributed by atoms with Crippen molar-refractivity contribution < 1.29 is 20.2 Å². The molecule has 3 aromatic rings. The van der Waals surface area contributed by atoms with Gasteiger partial charge in [0.05, 0.1) is 5.69 Å². The summed E-state index contributed by atoms with van der Waals surface area (Å²) in [6.07, 6.45) is 1.68. The van der Waals surface area contributed by atoms with Crippen LogP contribution in [0.4, 0.5) is 0 Å². The molecule has 3 rings (SSSR count). The molecule has 0 aliphatic rings. The number of hydrogen-bond donors (Lipinski definition) is 0. The molecule has 7 heteroatoms. The molecule has 1 aromatic heterocycles. The second-order valence-corrected chi connectivity index (χ2v) is 5.38. The van der Waals surface area contributed by atoms with Crippen LogP contribution in [0, 0.1) is 0 Å². The topological polar surface area (TPSA) is 60.7 Å². The third-order valence-corrected chi connectivity index (χ3v) is 3.54. The van der Waals surface area contributed by atoms with Gasteiger partial charge in [-0.05, 0) is 29.8 Å². The van der Waals surface area contributed by atoms with Gasteiger partial charge in [-0.3, -0.25) is 4.98 Å². The fraction of sp³-hybridized carbons (Fsp3) is 0. The molecule has 0 atom stereocenters. The number of halogens is 2. The van der Waals surface area contributed by atoms with E-state index in [1.54, 1.807) is 30.5 Å². The van der Waals surface area contributed by atoms with Crippen LogP contribution in [-0.2, 0) is 15.1 Å². The molecule has 0 unspecified atom stereocenters. The van der Waals surface area contributed by atoms with E-state index >= 15 is 0 Å². The van der Waals surface area contributed by atoms with E-state index < -0.39 is 5.90 Å². The van der Waals surface area contributed by atoms with E-state index in [4.69, 9.17) is 11.6 Å². The third kappa shape index (κ3) is 5.68. The van der Waals surface area contributed by atoms with Gasteiger partial charge in [0, 0.05) is 22.7 Å². The van der Waals surface area contributed by atoms with Crippen LogP contribution >= 0.6 is 21.7 Å². The minimum absolute atomic E-state index is 0.427. The average molecular weight is 434 g/mol. The molecule has 0 aliphatic heterocycles. The summed E-state index contributed by atoms with van der Waals surface area (Å²) in [6.45, 7) is 0. The van der Waals surface area contributed by atoms with Crippen LogP contribution in [0.1, 0.15) is 16.8 Å². The van der Waals surface area contributed by atoms with Crippen molar-refractivity contribution in [2.45, 2.75) is 0 Å². The number of rotatable bonds is 4. The monoisotopic (exact) mass is 432 g/mol.